The van der Waals surface area contributed by atoms with Gasteiger partial charge in [0.1, 0.15) is 6.10 Å². The van der Waals surface area contributed by atoms with Crippen molar-refractivity contribution in [2.45, 2.75) is 19.1 Å². The van der Waals surface area contributed by atoms with E-state index in [1.54, 1.807) is 12.1 Å². The van der Waals surface area contributed by atoms with Gasteiger partial charge < -0.3 is 9.94 Å². The fraction of sp³-hybridized carbons (Fsp3) is 0.375. The van der Waals surface area contributed by atoms with Crippen LogP contribution in [0.2, 0.25) is 0 Å². The van der Waals surface area contributed by atoms with E-state index in [4.69, 9.17) is 4.74 Å². The summed E-state index contributed by atoms with van der Waals surface area (Å²) in [5.41, 5.74) is 1.09. The maximum Gasteiger partial charge on any atom is 0.180 e. The number of ether oxygens (including phenoxy) is 1. The zero-order valence-electron chi connectivity index (χ0n) is 6.23. The summed E-state index contributed by atoms with van der Waals surface area (Å²) in [6.45, 7) is 2.02. The first-order chi connectivity index (χ1) is 5.27. The van der Waals surface area contributed by atoms with E-state index in [-0.39, 0.29) is 6.10 Å². The van der Waals surface area contributed by atoms with Gasteiger partial charge in [0.2, 0.25) is 0 Å². The average Bonchev–Trinajstić information content (AvgIpc) is 2.69. The molecule has 0 amide bonds. The third-order valence-corrected chi connectivity index (χ3v) is 1.87. The predicted octanol–water partition coefficient (Wildman–Crippen LogP) is 0.780. The van der Waals surface area contributed by atoms with Crippen molar-refractivity contribution in [3.8, 4) is 0 Å². The Bertz CT molecular complexity index is 257. The molecule has 0 saturated carbocycles. The van der Waals surface area contributed by atoms with Gasteiger partial charge in [0.15, 0.2) is 12.4 Å². The van der Waals surface area contributed by atoms with Crippen LogP contribution in [0.25, 0.3) is 0 Å². The molecule has 3 nitrogen and oxygen atoms in total. The maximum atomic E-state index is 10.6. The van der Waals surface area contributed by atoms with Gasteiger partial charge in [0.05, 0.1) is 6.10 Å². The minimum Gasteiger partial charge on any atom is -0.619 e. The second-order valence-corrected chi connectivity index (χ2v) is 2.75. The van der Waals surface area contributed by atoms with Gasteiger partial charge in [-0.1, -0.05) is 0 Å². The zero-order valence-corrected chi connectivity index (χ0v) is 6.23. The van der Waals surface area contributed by atoms with Crippen LogP contribution in [-0.4, -0.2) is 6.10 Å². The molecule has 2 atom stereocenters. The van der Waals surface area contributed by atoms with Crippen molar-refractivity contribution in [2.24, 2.45) is 0 Å². The summed E-state index contributed by atoms with van der Waals surface area (Å²) < 4.78 is 6.01. The van der Waals surface area contributed by atoms with E-state index in [9.17, 15) is 5.21 Å². The fourth-order valence-electron chi connectivity index (χ4n) is 1.15. The third-order valence-electron chi connectivity index (χ3n) is 1.87. The van der Waals surface area contributed by atoms with Crippen molar-refractivity contribution >= 4 is 0 Å². The number of rotatable bonds is 1. The molecule has 2 unspecified atom stereocenters. The largest absolute Gasteiger partial charge is 0.619 e. The van der Waals surface area contributed by atoms with Gasteiger partial charge >= 0.3 is 0 Å². The Kier molecular flexibility index (Phi) is 1.32. The molecular formula is C8H9NO2. The number of hydrogen-bond acceptors (Lipinski definition) is 2. The third kappa shape index (κ3) is 1.19. The van der Waals surface area contributed by atoms with Gasteiger partial charge in [-0.2, -0.15) is 4.73 Å². The molecule has 11 heavy (non-hydrogen) atoms. The van der Waals surface area contributed by atoms with E-state index >= 15 is 0 Å². The first-order valence-corrected chi connectivity index (χ1v) is 3.61. The number of epoxide rings is 1. The summed E-state index contributed by atoms with van der Waals surface area (Å²) in [6.07, 6.45) is 3.52. The SMILES string of the molecule is CC1OC1c1cc[n+]([O-])cc1. The molecular weight excluding hydrogens is 142 g/mol. The monoisotopic (exact) mass is 151 g/mol. The van der Waals surface area contributed by atoms with Crippen LogP contribution in [0.4, 0.5) is 0 Å². The number of pyridine rings is 1. The second kappa shape index (κ2) is 2.20. The van der Waals surface area contributed by atoms with Crippen LogP contribution in [0.5, 0.6) is 0 Å². The highest BCUT2D eigenvalue weighted by atomic mass is 16.6. The maximum absolute atomic E-state index is 10.6. The normalized spacial score (nSPS) is 28.5. The smallest absolute Gasteiger partial charge is 0.180 e. The van der Waals surface area contributed by atoms with Crippen molar-refractivity contribution in [3.05, 3.63) is 35.3 Å². The van der Waals surface area contributed by atoms with Gasteiger partial charge in [-0.05, 0) is 12.5 Å². The summed E-state index contributed by atoms with van der Waals surface area (Å²) in [5, 5.41) is 10.6. The Morgan fingerprint density at radius 2 is 2.00 bits per heavy atom. The molecule has 1 aliphatic rings. The molecule has 0 aromatic carbocycles. The first kappa shape index (κ1) is 6.61. The second-order valence-electron chi connectivity index (χ2n) is 2.75. The summed E-state index contributed by atoms with van der Waals surface area (Å²) in [5.74, 6) is 0. The number of hydrogen-bond donors (Lipinski definition) is 0. The standard InChI is InChI=1S/C8H9NO2/c1-6-8(11-6)7-2-4-9(10)5-3-7/h2-6,8H,1H3. The lowest BCUT2D eigenvalue weighted by Crippen LogP contribution is -2.23. The molecule has 0 radical (unpaired) electrons. The van der Waals surface area contributed by atoms with E-state index in [1.807, 2.05) is 6.92 Å². The topological polar surface area (TPSA) is 39.5 Å². The van der Waals surface area contributed by atoms with Crippen molar-refractivity contribution in [2.75, 3.05) is 0 Å². The van der Waals surface area contributed by atoms with Crippen molar-refractivity contribution in [3.63, 3.8) is 0 Å². The molecule has 1 aromatic rings. The molecule has 3 heteroatoms. The molecule has 58 valence electrons. The van der Waals surface area contributed by atoms with Gasteiger partial charge in [0, 0.05) is 12.1 Å². The van der Waals surface area contributed by atoms with Crippen LogP contribution in [0, 0.1) is 5.21 Å². The molecule has 0 spiro atoms. The Labute approximate surface area is 64.8 Å². The number of nitrogens with zero attached hydrogens (tertiary/aromatic N) is 1. The quantitative estimate of drug-likeness (QED) is 0.338. The fourth-order valence-corrected chi connectivity index (χ4v) is 1.15. The molecule has 0 bridgehead atoms. The van der Waals surface area contributed by atoms with Gasteiger partial charge in [-0.25, -0.2) is 0 Å². The van der Waals surface area contributed by atoms with E-state index in [0.29, 0.717) is 6.10 Å². The molecule has 0 aliphatic carbocycles. The summed E-state index contributed by atoms with van der Waals surface area (Å²) in [4.78, 5) is 0. The van der Waals surface area contributed by atoms with Crippen molar-refractivity contribution in [1.82, 2.24) is 0 Å². The lowest BCUT2D eigenvalue weighted by Gasteiger charge is -1.95. The van der Waals surface area contributed by atoms with Gasteiger partial charge in [-0.15, -0.1) is 0 Å². The molecule has 1 aliphatic heterocycles. The summed E-state index contributed by atoms with van der Waals surface area (Å²) in [7, 11) is 0. The Morgan fingerprint density at radius 1 is 1.45 bits per heavy atom. The minimum absolute atomic E-state index is 0.219. The van der Waals surface area contributed by atoms with Crippen LogP contribution in [-0.2, 0) is 4.74 Å². The minimum atomic E-state index is 0.219. The molecule has 1 fully saturated rings. The molecule has 2 heterocycles. The molecule has 1 saturated heterocycles. The highest BCUT2D eigenvalue weighted by Gasteiger charge is 2.35. The van der Waals surface area contributed by atoms with E-state index in [0.717, 1.165) is 10.3 Å². The van der Waals surface area contributed by atoms with Gasteiger partial charge in [0.25, 0.3) is 0 Å². The van der Waals surface area contributed by atoms with E-state index < -0.39 is 0 Å². The van der Waals surface area contributed by atoms with Crippen molar-refractivity contribution < 1.29 is 9.47 Å². The molecule has 2 rings (SSSR count). The molecule has 1 aromatic heterocycles. The Balaban J connectivity index is 2.21. The average molecular weight is 151 g/mol. The first-order valence-electron chi connectivity index (χ1n) is 3.61. The van der Waals surface area contributed by atoms with Crippen LogP contribution in [0.3, 0.4) is 0 Å². The highest BCUT2D eigenvalue weighted by molar-refractivity contribution is 5.16. The predicted molar refractivity (Wildman–Crippen MR) is 38.7 cm³/mol. The zero-order chi connectivity index (χ0) is 7.84. The van der Waals surface area contributed by atoms with E-state index in [2.05, 4.69) is 0 Å². The highest BCUT2D eigenvalue weighted by Crippen LogP contribution is 2.37. The Hall–Kier alpha value is -1.09. The van der Waals surface area contributed by atoms with Gasteiger partial charge in [-0.3, -0.25) is 0 Å². The van der Waals surface area contributed by atoms with Crippen LogP contribution in [0.1, 0.15) is 18.6 Å². The number of aromatic nitrogens is 1. The lowest BCUT2D eigenvalue weighted by atomic mass is 10.2. The molecule has 0 N–H and O–H groups in total. The van der Waals surface area contributed by atoms with Crippen LogP contribution in [0.15, 0.2) is 24.5 Å². The Morgan fingerprint density at radius 3 is 2.45 bits per heavy atom. The lowest BCUT2D eigenvalue weighted by molar-refractivity contribution is -0.605. The summed E-state index contributed by atoms with van der Waals surface area (Å²) in [6, 6.07) is 3.59. The van der Waals surface area contributed by atoms with Crippen molar-refractivity contribution in [1.29, 1.82) is 0 Å². The van der Waals surface area contributed by atoms with Crippen LogP contribution >= 0.6 is 0 Å². The summed E-state index contributed by atoms with van der Waals surface area (Å²) >= 11 is 0. The van der Waals surface area contributed by atoms with E-state index in [1.165, 1.54) is 12.4 Å². The van der Waals surface area contributed by atoms with Crippen LogP contribution < -0.4 is 4.73 Å².